The average molecular weight is 539 g/mol. The third-order valence-electron chi connectivity index (χ3n) is 4.93. The molecule has 0 aliphatic heterocycles. The second-order valence-corrected chi connectivity index (χ2v) is 13.4. The molecule has 6 rings (SSSR count). The SMILES string of the molecule is c1ccc([Se]c2cc3[se]c4ccccc4c3c3c2[se]c2ccccc23)cc1. The standard InChI is InChI=1S/C24H14Se3/c1-2-8-15(9-3-1)25-21-14-20-22(16-10-4-6-12-18(16)26-20)23-17-11-5-7-13-19(17)27-24(21)23/h1-14H. The molecule has 2 heterocycles. The summed E-state index contributed by atoms with van der Waals surface area (Å²) in [6.07, 6.45) is 0. The Morgan fingerprint density at radius 3 is 1.96 bits per heavy atom. The summed E-state index contributed by atoms with van der Waals surface area (Å²) in [6.45, 7) is 0. The summed E-state index contributed by atoms with van der Waals surface area (Å²) in [5, 5.41) is 6.07. The number of fused-ring (bicyclic) bond motifs is 7. The Balaban J connectivity index is 1.78. The zero-order valence-electron chi connectivity index (χ0n) is 14.3. The Kier molecular flexibility index (Phi) is 3.95. The predicted octanol–water partition coefficient (Wildman–Crippen LogP) is 4.07. The van der Waals surface area contributed by atoms with Gasteiger partial charge < -0.3 is 0 Å². The fourth-order valence-corrected chi connectivity index (χ4v) is 11.8. The quantitative estimate of drug-likeness (QED) is 0.292. The van der Waals surface area contributed by atoms with Crippen molar-refractivity contribution in [1.29, 1.82) is 0 Å². The summed E-state index contributed by atoms with van der Waals surface area (Å²) >= 11 is 1.21. The molecule has 0 saturated carbocycles. The maximum atomic E-state index is 2.56. The first-order valence-electron chi connectivity index (χ1n) is 8.87. The van der Waals surface area contributed by atoms with Crippen molar-refractivity contribution in [3.63, 3.8) is 0 Å². The van der Waals surface area contributed by atoms with Crippen LogP contribution in [0.25, 0.3) is 38.6 Å². The van der Waals surface area contributed by atoms with Crippen molar-refractivity contribution in [3.05, 3.63) is 84.9 Å². The van der Waals surface area contributed by atoms with E-state index in [1.807, 2.05) is 0 Å². The summed E-state index contributed by atoms with van der Waals surface area (Å²) in [6, 6.07) is 31.7. The molecule has 0 atom stereocenters. The molecule has 0 amide bonds. The molecule has 3 heteroatoms. The second kappa shape index (κ2) is 6.50. The molecular weight excluding hydrogens is 525 g/mol. The summed E-state index contributed by atoms with van der Waals surface area (Å²) in [7, 11) is 0. The molecule has 0 unspecified atom stereocenters. The molecule has 0 aliphatic carbocycles. The number of hydrogen-bond donors (Lipinski definition) is 0. The third kappa shape index (κ3) is 2.63. The van der Waals surface area contributed by atoms with Gasteiger partial charge in [0.2, 0.25) is 0 Å². The molecule has 128 valence electrons. The van der Waals surface area contributed by atoms with Gasteiger partial charge in [-0.3, -0.25) is 0 Å². The number of rotatable bonds is 2. The van der Waals surface area contributed by atoms with Crippen molar-refractivity contribution in [2.45, 2.75) is 0 Å². The molecule has 0 spiro atoms. The van der Waals surface area contributed by atoms with Gasteiger partial charge in [0, 0.05) is 0 Å². The van der Waals surface area contributed by atoms with Crippen LogP contribution in [0.3, 0.4) is 0 Å². The first-order chi connectivity index (χ1) is 13.4. The third-order valence-corrected chi connectivity index (χ3v) is 12.7. The zero-order chi connectivity index (χ0) is 17.8. The van der Waals surface area contributed by atoms with Gasteiger partial charge in [0.1, 0.15) is 0 Å². The Morgan fingerprint density at radius 2 is 1.19 bits per heavy atom. The van der Waals surface area contributed by atoms with Gasteiger partial charge in [0.25, 0.3) is 0 Å². The Bertz CT molecular complexity index is 1440. The van der Waals surface area contributed by atoms with Gasteiger partial charge in [-0.05, 0) is 0 Å². The van der Waals surface area contributed by atoms with Gasteiger partial charge >= 0.3 is 176 Å². The molecule has 4 aromatic carbocycles. The van der Waals surface area contributed by atoms with Crippen molar-refractivity contribution in [3.8, 4) is 0 Å². The van der Waals surface area contributed by atoms with E-state index in [4.69, 9.17) is 0 Å². The molecular formula is C24H14Se3. The van der Waals surface area contributed by atoms with Crippen LogP contribution in [0, 0.1) is 0 Å². The normalized spacial score (nSPS) is 11.9. The van der Waals surface area contributed by atoms with Crippen LogP contribution in [0.15, 0.2) is 84.9 Å². The molecule has 0 saturated heterocycles. The van der Waals surface area contributed by atoms with Crippen LogP contribution >= 0.6 is 0 Å². The van der Waals surface area contributed by atoms with E-state index in [0.29, 0.717) is 44.0 Å². The molecule has 0 radical (unpaired) electrons. The Labute approximate surface area is 175 Å². The van der Waals surface area contributed by atoms with Crippen LogP contribution in [0.1, 0.15) is 0 Å². The van der Waals surface area contributed by atoms with Gasteiger partial charge in [0.15, 0.2) is 0 Å². The van der Waals surface area contributed by atoms with Crippen molar-refractivity contribution in [2.24, 2.45) is 0 Å². The van der Waals surface area contributed by atoms with Gasteiger partial charge in [-0.1, -0.05) is 0 Å². The van der Waals surface area contributed by atoms with Crippen LogP contribution in [0.5, 0.6) is 0 Å². The average Bonchev–Trinajstić information content (AvgIpc) is 3.27. The van der Waals surface area contributed by atoms with Crippen molar-refractivity contribution in [1.82, 2.24) is 0 Å². The monoisotopic (exact) mass is 542 g/mol. The topological polar surface area (TPSA) is 0 Å². The van der Waals surface area contributed by atoms with E-state index in [1.165, 1.54) is 15.2 Å². The minimum absolute atomic E-state index is 0.370. The Hall–Kier alpha value is -1.56. The second-order valence-electron chi connectivity index (χ2n) is 6.56. The predicted molar refractivity (Wildman–Crippen MR) is 122 cm³/mol. The molecule has 6 aromatic rings. The van der Waals surface area contributed by atoms with Gasteiger partial charge in [0.05, 0.1) is 0 Å². The first kappa shape index (κ1) is 16.4. The molecule has 27 heavy (non-hydrogen) atoms. The van der Waals surface area contributed by atoms with Crippen molar-refractivity contribution < 1.29 is 0 Å². The zero-order valence-corrected chi connectivity index (χ0v) is 19.4. The fourth-order valence-electron chi connectivity index (χ4n) is 3.77. The molecule has 0 fully saturated rings. The minimum atomic E-state index is 0.370. The van der Waals surface area contributed by atoms with Crippen LogP contribution in [-0.4, -0.2) is 44.0 Å². The van der Waals surface area contributed by atoms with E-state index >= 15 is 0 Å². The Morgan fingerprint density at radius 1 is 0.556 bits per heavy atom. The van der Waals surface area contributed by atoms with Crippen molar-refractivity contribution in [2.75, 3.05) is 0 Å². The summed E-state index contributed by atoms with van der Waals surface area (Å²) in [5.41, 5.74) is 0. The van der Waals surface area contributed by atoms with Crippen LogP contribution < -0.4 is 8.92 Å². The molecule has 2 aromatic heterocycles. The molecule has 0 bridgehead atoms. The van der Waals surface area contributed by atoms with Gasteiger partial charge in [-0.25, -0.2) is 0 Å². The van der Waals surface area contributed by atoms with Crippen LogP contribution in [-0.2, 0) is 0 Å². The summed E-state index contributed by atoms with van der Waals surface area (Å²) in [4.78, 5) is 0. The van der Waals surface area contributed by atoms with Gasteiger partial charge in [-0.2, -0.15) is 0 Å². The van der Waals surface area contributed by atoms with Crippen LogP contribution in [0.2, 0.25) is 0 Å². The molecule has 0 nitrogen and oxygen atoms in total. The fraction of sp³-hybridized carbons (Fsp3) is 0. The maximum absolute atomic E-state index is 2.56. The molecule has 0 aliphatic rings. The van der Waals surface area contributed by atoms with Crippen molar-refractivity contribution >= 4 is 91.5 Å². The summed E-state index contributed by atoms with van der Waals surface area (Å²) < 4.78 is 9.40. The van der Waals surface area contributed by atoms with E-state index < -0.39 is 0 Å². The van der Waals surface area contributed by atoms with E-state index in [-0.39, 0.29) is 0 Å². The van der Waals surface area contributed by atoms with E-state index in [9.17, 15) is 0 Å². The molecule has 0 N–H and O–H groups in total. The first-order valence-corrected chi connectivity index (χ1v) is 14.0. The van der Waals surface area contributed by atoms with E-state index in [2.05, 4.69) is 84.9 Å². The van der Waals surface area contributed by atoms with E-state index in [1.54, 1.807) is 32.3 Å². The number of benzene rings is 4. The summed E-state index contributed by atoms with van der Waals surface area (Å²) in [5.74, 6) is 0. The van der Waals surface area contributed by atoms with E-state index in [0.717, 1.165) is 0 Å². The van der Waals surface area contributed by atoms with Crippen LogP contribution in [0.4, 0.5) is 0 Å². The number of hydrogen-bond acceptors (Lipinski definition) is 0. The van der Waals surface area contributed by atoms with Gasteiger partial charge in [-0.15, -0.1) is 0 Å².